The summed E-state index contributed by atoms with van der Waals surface area (Å²) in [4.78, 5) is 14.2. The second-order valence-electron chi connectivity index (χ2n) is 5.44. The second-order valence-corrected chi connectivity index (χ2v) is 5.44. The minimum atomic E-state index is -0.215. The van der Waals surface area contributed by atoms with Gasteiger partial charge in [0.2, 0.25) is 5.91 Å². The minimum Gasteiger partial charge on any atom is -0.356 e. The molecule has 3 N–H and O–H groups in total. The van der Waals surface area contributed by atoms with E-state index in [1.807, 2.05) is 30.3 Å². The van der Waals surface area contributed by atoms with Crippen LogP contribution in [0.15, 0.2) is 30.3 Å². The van der Waals surface area contributed by atoms with E-state index in [1.165, 1.54) is 6.42 Å². The van der Waals surface area contributed by atoms with Crippen LogP contribution in [0.4, 0.5) is 0 Å². The van der Waals surface area contributed by atoms with E-state index in [1.54, 1.807) is 0 Å². The lowest BCUT2D eigenvalue weighted by atomic mass is 10.0. The van der Waals surface area contributed by atoms with E-state index in [0.717, 1.165) is 25.2 Å². The van der Waals surface area contributed by atoms with E-state index in [9.17, 15) is 4.79 Å². The van der Waals surface area contributed by atoms with Crippen LogP contribution in [0.25, 0.3) is 0 Å². The summed E-state index contributed by atoms with van der Waals surface area (Å²) in [6.45, 7) is 2.97. The first kappa shape index (κ1) is 20.2. The number of carbonyl (C=O) groups is 1. The fraction of sp³-hybridized carbons (Fsp3) is 0.533. The second kappa shape index (κ2) is 10.0. The summed E-state index contributed by atoms with van der Waals surface area (Å²) in [5.74, 6) is 0.632. The molecule has 0 aliphatic carbocycles. The van der Waals surface area contributed by atoms with Gasteiger partial charge in [-0.05, 0) is 31.5 Å². The van der Waals surface area contributed by atoms with Crippen LogP contribution in [0.2, 0.25) is 0 Å². The van der Waals surface area contributed by atoms with E-state index in [0.29, 0.717) is 12.3 Å². The molecule has 4 nitrogen and oxygen atoms in total. The molecule has 0 aromatic heterocycles. The first-order valence-corrected chi connectivity index (χ1v) is 6.91. The Kier molecular flexibility index (Phi) is 9.62. The first-order chi connectivity index (χ1) is 9.15. The van der Waals surface area contributed by atoms with Crippen LogP contribution in [0, 0.1) is 5.92 Å². The molecule has 2 rings (SSSR count). The molecule has 2 unspecified atom stereocenters. The molecule has 0 saturated carbocycles. The average molecular weight is 334 g/mol. The zero-order valence-electron chi connectivity index (χ0n) is 12.3. The molecule has 1 heterocycles. The van der Waals surface area contributed by atoms with Crippen LogP contribution >= 0.6 is 24.8 Å². The molecule has 1 aliphatic heterocycles. The highest BCUT2D eigenvalue weighted by Gasteiger charge is 2.20. The summed E-state index contributed by atoms with van der Waals surface area (Å²) < 4.78 is 0. The first-order valence-electron chi connectivity index (χ1n) is 6.91. The van der Waals surface area contributed by atoms with Crippen molar-refractivity contribution in [3.63, 3.8) is 0 Å². The van der Waals surface area contributed by atoms with Crippen molar-refractivity contribution in [3.8, 4) is 0 Å². The van der Waals surface area contributed by atoms with Crippen molar-refractivity contribution >= 4 is 30.7 Å². The fourth-order valence-electron chi connectivity index (χ4n) is 2.54. The van der Waals surface area contributed by atoms with E-state index >= 15 is 0 Å². The summed E-state index contributed by atoms with van der Waals surface area (Å²) in [7, 11) is 2.12. The maximum Gasteiger partial charge on any atom is 0.221 e. The van der Waals surface area contributed by atoms with Crippen LogP contribution < -0.4 is 11.1 Å². The van der Waals surface area contributed by atoms with Crippen molar-refractivity contribution in [1.29, 1.82) is 0 Å². The summed E-state index contributed by atoms with van der Waals surface area (Å²) in [6, 6.07) is 9.55. The number of amides is 1. The number of halogens is 2. The van der Waals surface area contributed by atoms with Crippen LogP contribution in [-0.2, 0) is 4.79 Å². The Hall–Kier alpha value is -0.810. The van der Waals surface area contributed by atoms with E-state index in [4.69, 9.17) is 5.73 Å². The van der Waals surface area contributed by atoms with Gasteiger partial charge in [0.05, 0.1) is 0 Å². The molecule has 1 aliphatic rings. The SMILES string of the molecule is CN1CCC(CNC(=O)CC(N)c2ccccc2)C1.Cl.Cl. The van der Waals surface area contributed by atoms with Gasteiger partial charge in [0, 0.05) is 25.6 Å². The molecule has 2 atom stereocenters. The van der Waals surface area contributed by atoms with E-state index in [2.05, 4.69) is 17.3 Å². The summed E-state index contributed by atoms with van der Waals surface area (Å²) >= 11 is 0. The van der Waals surface area contributed by atoms with E-state index in [-0.39, 0.29) is 36.8 Å². The fourth-order valence-corrected chi connectivity index (χ4v) is 2.54. The summed E-state index contributed by atoms with van der Waals surface area (Å²) in [5.41, 5.74) is 7.04. The average Bonchev–Trinajstić information content (AvgIpc) is 2.83. The monoisotopic (exact) mass is 333 g/mol. The molecule has 0 radical (unpaired) electrons. The number of hydrogen-bond donors (Lipinski definition) is 2. The molecule has 6 heteroatoms. The smallest absolute Gasteiger partial charge is 0.221 e. The van der Waals surface area contributed by atoms with Crippen LogP contribution in [0.5, 0.6) is 0 Å². The molecule has 0 bridgehead atoms. The van der Waals surface area contributed by atoms with Gasteiger partial charge in [0.25, 0.3) is 0 Å². The normalized spacial score (nSPS) is 19.2. The highest BCUT2D eigenvalue weighted by Crippen LogP contribution is 2.15. The largest absolute Gasteiger partial charge is 0.356 e. The number of hydrogen-bond acceptors (Lipinski definition) is 3. The molecule has 21 heavy (non-hydrogen) atoms. The third-order valence-electron chi connectivity index (χ3n) is 3.71. The molecule has 1 saturated heterocycles. The third-order valence-corrected chi connectivity index (χ3v) is 3.71. The Balaban J connectivity index is 0.00000200. The van der Waals surface area contributed by atoms with Crippen molar-refractivity contribution in [1.82, 2.24) is 10.2 Å². The van der Waals surface area contributed by atoms with Gasteiger partial charge in [-0.1, -0.05) is 30.3 Å². The molecule has 1 aromatic carbocycles. The molecule has 1 fully saturated rings. The molecule has 120 valence electrons. The van der Waals surface area contributed by atoms with Crippen molar-refractivity contribution in [3.05, 3.63) is 35.9 Å². The quantitative estimate of drug-likeness (QED) is 0.866. The van der Waals surface area contributed by atoms with Gasteiger partial charge in [-0.2, -0.15) is 0 Å². The van der Waals surface area contributed by atoms with Gasteiger partial charge >= 0.3 is 0 Å². The molecule has 0 spiro atoms. The lowest BCUT2D eigenvalue weighted by Gasteiger charge is -2.14. The predicted molar refractivity (Wildman–Crippen MR) is 91.1 cm³/mol. The van der Waals surface area contributed by atoms with Gasteiger partial charge in [-0.3, -0.25) is 4.79 Å². The zero-order valence-corrected chi connectivity index (χ0v) is 14.0. The number of nitrogens with one attached hydrogen (secondary N) is 1. The Morgan fingerprint density at radius 2 is 2.05 bits per heavy atom. The lowest BCUT2D eigenvalue weighted by Crippen LogP contribution is -2.32. The van der Waals surface area contributed by atoms with Crippen LogP contribution in [0.1, 0.15) is 24.4 Å². The van der Waals surface area contributed by atoms with Crippen LogP contribution in [-0.4, -0.2) is 37.5 Å². The predicted octanol–water partition coefficient (Wildman–Crippen LogP) is 1.99. The highest BCUT2D eigenvalue weighted by molar-refractivity contribution is 5.85. The Labute approximate surface area is 139 Å². The van der Waals surface area contributed by atoms with Gasteiger partial charge < -0.3 is 16.0 Å². The molecule has 1 amide bonds. The van der Waals surface area contributed by atoms with Gasteiger partial charge in [0.15, 0.2) is 0 Å². The van der Waals surface area contributed by atoms with Crippen molar-refractivity contribution in [2.24, 2.45) is 11.7 Å². The molecule has 1 aromatic rings. The zero-order chi connectivity index (χ0) is 13.7. The maximum atomic E-state index is 11.9. The number of benzene rings is 1. The molecular formula is C15H25Cl2N3O. The van der Waals surface area contributed by atoms with Crippen LogP contribution in [0.3, 0.4) is 0 Å². The topological polar surface area (TPSA) is 58.4 Å². The summed E-state index contributed by atoms with van der Waals surface area (Å²) in [6.07, 6.45) is 1.52. The highest BCUT2D eigenvalue weighted by atomic mass is 35.5. The standard InChI is InChI=1S/C15H23N3O.2ClH/c1-18-8-7-12(11-18)10-17-15(19)9-14(16)13-5-3-2-4-6-13;;/h2-6,12,14H,7-11,16H2,1H3,(H,17,19);2*1H. The number of likely N-dealkylation sites (tertiary alicyclic amines) is 1. The Morgan fingerprint density at radius 3 is 2.62 bits per heavy atom. The number of rotatable bonds is 5. The van der Waals surface area contributed by atoms with Gasteiger partial charge in [0.1, 0.15) is 0 Å². The van der Waals surface area contributed by atoms with Gasteiger partial charge in [-0.15, -0.1) is 24.8 Å². The number of carbonyl (C=O) groups excluding carboxylic acids is 1. The Morgan fingerprint density at radius 1 is 1.38 bits per heavy atom. The number of nitrogens with two attached hydrogens (primary N) is 1. The van der Waals surface area contributed by atoms with Crippen molar-refractivity contribution in [2.75, 3.05) is 26.7 Å². The molecular weight excluding hydrogens is 309 g/mol. The third kappa shape index (κ3) is 6.66. The maximum absolute atomic E-state index is 11.9. The van der Waals surface area contributed by atoms with E-state index < -0.39 is 0 Å². The van der Waals surface area contributed by atoms with Crippen molar-refractivity contribution in [2.45, 2.75) is 18.9 Å². The lowest BCUT2D eigenvalue weighted by molar-refractivity contribution is -0.121. The summed E-state index contributed by atoms with van der Waals surface area (Å²) in [5, 5.41) is 3.00. The number of nitrogens with zero attached hydrogens (tertiary/aromatic N) is 1. The van der Waals surface area contributed by atoms with Gasteiger partial charge in [-0.25, -0.2) is 0 Å². The van der Waals surface area contributed by atoms with Crippen molar-refractivity contribution < 1.29 is 4.79 Å². The Bertz CT molecular complexity index is 417. The minimum absolute atomic E-state index is 0.